The number of guanidine groups is 2. The maximum Gasteiger partial charge on any atom is 0.304 e. The summed E-state index contributed by atoms with van der Waals surface area (Å²) in [5, 5.41) is 32.1. The highest BCUT2D eigenvalue weighted by Crippen LogP contribution is 2.21. The number of aromatic amines is 1. The van der Waals surface area contributed by atoms with E-state index in [1.165, 1.54) is 18.7 Å². The molecule has 28 nitrogen and oxygen atoms in total. The van der Waals surface area contributed by atoms with Gasteiger partial charge in [0.1, 0.15) is 48.3 Å². The monoisotopic (exact) mass is 1260 g/mol. The number of benzene rings is 2. The molecule has 29 heteroatoms. The van der Waals surface area contributed by atoms with Crippen LogP contribution >= 0.6 is 11.8 Å². The van der Waals surface area contributed by atoms with Gasteiger partial charge in [-0.3, -0.25) is 57.9 Å². The van der Waals surface area contributed by atoms with Gasteiger partial charge in [-0.25, -0.2) is 0 Å². The first-order valence-electron chi connectivity index (χ1n) is 30.1. The van der Waals surface area contributed by atoms with E-state index in [-0.39, 0.29) is 101 Å². The predicted octanol–water partition coefficient (Wildman–Crippen LogP) is -0.491. The molecule has 2 aromatic carbocycles. The van der Waals surface area contributed by atoms with E-state index in [0.717, 1.165) is 10.9 Å². The summed E-state index contributed by atoms with van der Waals surface area (Å²) in [6.45, 7) is 8.95. The normalized spacial score (nSPS) is 14.5. The third kappa shape index (κ3) is 27.2. The first-order chi connectivity index (χ1) is 42.3. The Labute approximate surface area is 524 Å². The number of aromatic nitrogens is 1. The Kier molecular flexibility index (Phi) is 33.1. The number of carboxylic acid groups (broad SMARTS) is 1. The van der Waals surface area contributed by atoms with E-state index in [1.54, 1.807) is 57.3 Å². The average molecular weight is 1260 g/mol. The number of hydrogen-bond acceptors (Lipinski definition) is 14. The van der Waals surface area contributed by atoms with Crippen molar-refractivity contribution in [2.75, 3.05) is 31.6 Å². The molecule has 1 heterocycles. The van der Waals surface area contributed by atoms with Gasteiger partial charge in [0, 0.05) is 48.9 Å². The zero-order valence-electron chi connectivity index (χ0n) is 51.9. The Balaban J connectivity index is 2.06. The van der Waals surface area contributed by atoms with Crippen LogP contribution in [0.15, 0.2) is 70.8 Å². The maximum absolute atomic E-state index is 14.9. The minimum Gasteiger partial charge on any atom is -0.481 e. The molecule has 3 aromatic rings. The number of unbranched alkanes of at least 4 members (excludes halogenated alkanes) is 1. The van der Waals surface area contributed by atoms with Crippen molar-refractivity contribution in [3.8, 4) is 0 Å². The van der Waals surface area contributed by atoms with Crippen LogP contribution in [0, 0.1) is 17.8 Å². The molecule has 9 amide bonds. The van der Waals surface area contributed by atoms with E-state index >= 15 is 0 Å². The minimum atomic E-state index is -1.40. The second-order valence-electron chi connectivity index (χ2n) is 22.5. The lowest BCUT2D eigenvalue weighted by atomic mass is 9.97. The summed E-state index contributed by atoms with van der Waals surface area (Å²) >= 11 is 1.41. The number of primary amides is 1. The molecule has 10 atom stereocenters. The summed E-state index contributed by atoms with van der Waals surface area (Å²) in [6, 6.07) is 5.99. The number of nitrogens with two attached hydrogens (primary N) is 6. The molecular weight excluding hydrogens is 1170 g/mol. The molecule has 0 radical (unpaired) electrons. The van der Waals surface area contributed by atoms with Gasteiger partial charge >= 0.3 is 5.97 Å². The van der Waals surface area contributed by atoms with Crippen molar-refractivity contribution in [1.82, 2.24) is 47.5 Å². The number of H-pyrrole nitrogens is 1. The number of thioether (sulfide) groups is 1. The molecule has 1 aromatic heterocycles. The van der Waals surface area contributed by atoms with Crippen molar-refractivity contribution in [3.63, 3.8) is 0 Å². The predicted molar refractivity (Wildman–Crippen MR) is 343 cm³/mol. The maximum atomic E-state index is 14.9. The van der Waals surface area contributed by atoms with Gasteiger partial charge in [-0.2, -0.15) is 11.8 Å². The van der Waals surface area contributed by atoms with Crippen LogP contribution in [0.2, 0.25) is 0 Å². The molecule has 0 spiro atoms. The van der Waals surface area contributed by atoms with Crippen LogP contribution in [0.1, 0.15) is 116 Å². The van der Waals surface area contributed by atoms with Gasteiger partial charge in [0.2, 0.25) is 53.2 Å². The smallest absolute Gasteiger partial charge is 0.304 e. The van der Waals surface area contributed by atoms with Crippen LogP contribution in [0.3, 0.4) is 0 Å². The second-order valence-corrected chi connectivity index (χ2v) is 23.5. The second kappa shape index (κ2) is 39.4. The van der Waals surface area contributed by atoms with Crippen LogP contribution in [-0.2, 0) is 60.8 Å². The highest BCUT2D eigenvalue weighted by atomic mass is 32.2. The highest BCUT2D eigenvalue weighted by Gasteiger charge is 2.36. The summed E-state index contributed by atoms with van der Waals surface area (Å²) in [4.78, 5) is 150. The number of carbonyl (C=O) groups is 10. The highest BCUT2D eigenvalue weighted by molar-refractivity contribution is 7.98. The van der Waals surface area contributed by atoms with Gasteiger partial charge in [0.15, 0.2) is 11.9 Å². The fourth-order valence-electron chi connectivity index (χ4n) is 9.59. The summed E-state index contributed by atoms with van der Waals surface area (Å²) in [5.74, 6) is -9.69. The molecule has 0 aliphatic heterocycles. The van der Waals surface area contributed by atoms with E-state index in [2.05, 4.69) is 57.5 Å². The number of fused-ring (bicyclic) bond motifs is 1. The number of aliphatic carboxylic acids is 1. The largest absolute Gasteiger partial charge is 0.481 e. The number of nitrogens with zero attached hydrogens (tertiary/aromatic N) is 2. The molecule has 3 rings (SSSR count). The molecule has 0 aliphatic carbocycles. The van der Waals surface area contributed by atoms with Gasteiger partial charge in [-0.05, 0) is 105 Å². The standard InChI is InChI=1S/C60H95N17O11S/c1-7-35(4)49(50(62)80)77-58(88)46(31-37-17-9-8-10-18-37)75-55(85)44(24-28-89-6)73-57(87)47(32-38-33-69-40-20-12-11-19-39(38)40)76-53(83)41(21-13-14-25-61)71-52(82)43(23-16-27-68-60(65)66)72-56(86)45(29-34(2)3)74-54(84)42(22-15-26-67-59(63)64)70-51(81)36(5)30-48(78)79/h8-12,17-20,33-36,41-47,49,69H,7,13-16,21-32,61H2,1-6H3,(H2,62,80)(H,70,81)(H,71,82)(H,72,86)(H,73,87)(H,74,84)(H,75,85)(H,76,83)(H,77,88)(H,78,79)(H4,63,64,67)(H4,65,66,68)/t35-,36-,41-,42-,43-,44-,45-,46-,47-,49-/m0/s1. The van der Waals surface area contributed by atoms with Gasteiger partial charge in [0.05, 0.1) is 6.42 Å². The van der Waals surface area contributed by atoms with Gasteiger partial charge in [-0.15, -0.1) is 0 Å². The summed E-state index contributed by atoms with van der Waals surface area (Å²) in [6.07, 6.45) is 4.56. The van der Waals surface area contributed by atoms with Crippen LogP contribution in [0.25, 0.3) is 10.9 Å². The Morgan fingerprint density at radius 1 is 0.551 bits per heavy atom. The fourth-order valence-corrected chi connectivity index (χ4v) is 10.1. The SMILES string of the molecule is CC[C@H](C)[C@H](NC(=O)[C@H](Cc1ccccc1)NC(=O)[C@H](CCSC)NC(=O)[C@H](Cc1c[nH]c2ccccc12)NC(=O)[C@H](CCCCN)NC(=O)[C@H](CCCN=C(N)N)NC(=O)[C@H](CC(C)C)NC(=O)[C@H](CCCN=C(N)N)NC(=O)[C@@H](C)CC(=O)O)C(N)=O. The summed E-state index contributed by atoms with van der Waals surface area (Å²) in [5.41, 5.74) is 35.9. The molecule has 0 saturated carbocycles. The first kappa shape index (κ1) is 74.8. The molecule has 0 fully saturated rings. The third-order valence-electron chi connectivity index (χ3n) is 14.7. The lowest BCUT2D eigenvalue weighted by Crippen LogP contribution is -2.61. The molecule has 22 N–H and O–H groups in total. The Morgan fingerprint density at radius 2 is 1.00 bits per heavy atom. The van der Waals surface area contributed by atoms with Gasteiger partial charge in [-0.1, -0.05) is 89.6 Å². The quantitative estimate of drug-likeness (QED) is 0.0193. The molecular formula is C60H95N17O11S. The molecule has 89 heavy (non-hydrogen) atoms. The van der Waals surface area contributed by atoms with Crippen LogP contribution in [0.4, 0.5) is 0 Å². The molecule has 0 saturated heterocycles. The zero-order chi connectivity index (χ0) is 66.2. The topological polar surface area (TPSA) is 484 Å². The molecule has 0 aliphatic rings. The van der Waals surface area contributed by atoms with E-state index in [4.69, 9.17) is 34.4 Å². The lowest BCUT2D eigenvalue weighted by Gasteiger charge is -2.29. The van der Waals surface area contributed by atoms with Crippen molar-refractivity contribution >= 4 is 93.7 Å². The molecule has 0 unspecified atom stereocenters. The van der Waals surface area contributed by atoms with Crippen molar-refractivity contribution in [3.05, 3.63) is 71.9 Å². The third-order valence-corrected chi connectivity index (χ3v) is 15.4. The van der Waals surface area contributed by atoms with Crippen molar-refractivity contribution in [1.29, 1.82) is 0 Å². The fraction of sp³-hybridized carbons (Fsp3) is 0.567. The number of carbonyl (C=O) groups excluding carboxylic acids is 9. The van der Waals surface area contributed by atoms with E-state index in [1.807, 2.05) is 37.4 Å². The molecule has 492 valence electrons. The van der Waals surface area contributed by atoms with Gasteiger partial charge in [0.25, 0.3) is 0 Å². The zero-order valence-corrected chi connectivity index (χ0v) is 52.8. The number of aliphatic imine (C=N–C) groups is 2. The Hall–Kier alpha value is -8.47. The van der Waals surface area contributed by atoms with Crippen LogP contribution in [-0.4, -0.2) is 161 Å². The Bertz CT molecular complexity index is 2870. The van der Waals surface area contributed by atoms with Crippen LogP contribution in [0.5, 0.6) is 0 Å². The number of rotatable bonds is 42. The first-order valence-corrected chi connectivity index (χ1v) is 31.5. The van der Waals surface area contributed by atoms with Crippen molar-refractivity contribution in [2.24, 2.45) is 62.1 Å². The lowest BCUT2D eigenvalue weighted by molar-refractivity contribution is -0.141. The summed E-state index contributed by atoms with van der Waals surface area (Å²) < 4.78 is 0. The van der Waals surface area contributed by atoms with Gasteiger partial charge < -0.3 is 87.0 Å². The number of hydrogen-bond donors (Lipinski definition) is 16. The number of amides is 9. The molecule has 0 bridgehead atoms. The van der Waals surface area contributed by atoms with Crippen molar-refractivity contribution in [2.45, 2.75) is 166 Å². The van der Waals surface area contributed by atoms with E-state index in [0.29, 0.717) is 36.1 Å². The van der Waals surface area contributed by atoms with Crippen LogP contribution < -0.4 is 76.9 Å². The number of para-hydroxylation sites is 1. The van der Waals surface area contributed by atoms with Crippen molar-refractivity contribution < 1.29 is 53.1 Å². The minimum absolute atomic E-state index is 0.00946. The van der Waals surface area contributed by atoms with E-state index in [9.17, 15) is 53.1 Å². The number of nitrogens with one attached hydrogen (secondary N) is 9. The average Bonchev–Trinajstić information content (AvgIpc) is 2.07. The summed E-state index contributed by atoms with van der Waals surface area (Å²) in [7, 11) is 0. The Morgan fingerprint density at radius 3 is 1.49 bits per heavy atom. The number of carboxylic acids is 1. The van der Waals surface area contributed by atoms with E-state index < -0.39 is 120 Å².